The second kappa shape index (κ2) is 5.37. The Morgan fingerprint density at radius 3 is 2.41 bits per heavy atom. The van der Waals surface area contributed by atoms with Gasteiger partial charge in [0.15, 0.2) is 0 Å². The first-order valence-corrected chi connectivity index (χ1v) is 6.15. The van der Waals surface area contributed by atoms with Gasteiger partial charge in [-0.05, 0) is 18.4 Å². The van der Waals surface area contributed by atoms with Crippen LogP contribution < -0.4 is 5.32 Å². The molecule has 0 saturated heterocycles. The summed E-state index contributed by atoms with van der Waals surface area (Å²) in [6.07, 6.45) is -3.33. The number of anilines is 1. The Morgan fingerprint density at radius 2 is 1.94 bits per heavy atom. The quantitative estimate of drug-likeness (QED) is 0.829. The number of amides is 1. The number of nitrogens with one attached hydrogen (secondary N) is 1. The lowest BCUT2D eigenvalue weighted by molar-refractivity contribution is -0.167. The van der Waals surface area contributed by atoms with Crippen molar-refractivity contribution >= 4 is 46.6 Å². The number of alkyl halides is 3. The van der Waals surface area contributed by atoms with Crippen molar-refractivity contribution in [2.45, 2.75) is 11.1 Å². The zero-order valence-corrected chi connectivity index (χ0v) is 10.7. The highest BCUT2D eigenvalue weighted by Gasteiger charge is 2.39. The lowest BCUT2D eigenvalue weighted by Gasteiger charge is -2.12. The van der Waals surface area contributed by atoms with Crippen LogP contribution in [0.15, 0.2) is 17.0 Å². The smallest absolute Gasteiger partial charge is 0.317 e. The van der Waals surface area contributed by atoms with Gasteiger partial charge in [0, 0.05) is 9.92 Å². The number of hydrogen-bond donors (Lipinski definition) is 1. The molecular formula is C9H6Cl2F3NOS. The van der Waals surface area contributed by atoms with Crippen LogP contribution in [-0.2, 0) is 4.79 Å². The second-order valence-electron chi connectivity index (χ2n) is 2.92. The van der Waals surface area contributed by atoms with Crippen molar-refractivity contribution in [2.24, 2.45) is 0 Å². The molecule has 1 N–H and O–H groups in total. The van der Waals surface area contributed by atoms with E-state index in [0.29, 0.717) is 4.90 Å². The largest absolute Gasteiger partial charge is 0.471 e. The summed E-state index contributed by atoms with van der Waals surface area (Å²) >= 11 is 12.6. The van der Waals surface area contributed by atoms with Crippen molar-refractivity contribution in [2.75, 3.05) is 11.6 Å². The summed E-state index contributed by atoms with van der Waals surface area (Å²) in [6.45, 7) is 0. The Kier molecular flexibility index (Phi) is 4.57. The number of thioether (sulfide) groups is 1. The molecule has 1 rings (SSSR count). The first kappa shape index (κ1) is 14.5. The third-order valence-electron chi connectivity index (χ3n) is 1.72. The molecule has 94 valence electrons. The molecule has 0 atom stereocenters. The van der Waals surface area contributed by atoms with Crippen LogP contribution in [0, 0.1) is 0 Å². The molecule has 0 spiro atoms. The van der Waals surface area contributed by atoms with Gasteiger partial charge in [-0.1, -0.05) is 23.2 Å². The van der Waals surface area contributed by atoms with Crippen LogP contribution in [0.1, 0.15) is 0 Å². The fourth-order valence-electron chi connectivity index (χ4n) is 1.05. The van der Waals surface area contributed by atoms with Crippen LogP contribution in [-0.4, -0.2) is 18.3 Å². The number of halogens is 5. The fourth-order valence-corrected chi connectivity index (χ4v) is 2.36. The molecule has 0 aliphatic heterocycles. The molecule has 0 fully saturated rings. The highest BCUT2D eigenvalue weighted by Crippen LogP contribution is 2.36. The SMILES string of the molecule is CSc1c(Cl)cc(Cl)cc1NC(=O)C(F)(F)F. The topological polar surface area (TPSA) is 29.1 Å². The van der Waals surface area contributed by atoms with Gasteiger partial charge < -0.3 is 5.32 Å². The summed E-state index contributed by atoms with van der Waals surface area (Å²) in [7, 11) is 0. The minimum Gasteiger partial charge on any atom is -0.317 e. The van der Waals surface area contributed by atoms with Crippen LogP contribution in [0.2, 0.25) is 10.0 Å². The first-order chi connectivity index (χ1) is 7.75. The van der Waals surface area contributed by atoms with Crippen LogP contribution in [0.5, 0.6) is 0 Å². The van der Waals surface area contributed by atoms with Crippen molar-refractivity contribution in [3.05, 3.63) is 22.2 Å². The van der Waals surface area contributed by atoms with Gasteiger partial charge in [-0.2, -0.15) is 13.2 Å². The summed E-state index contributed by atoms with van der Waals surface area (Å²) < 4.78 is 36.3. The summed E-state index contributed by atoms with van der Waals surface area (Å²) in [5.74, 6) is -2.06. The van der Waals surface area contributed by atoms with Gasteiger partial charge >= 0.3 is 12.1 Å². The minimum atomic E-state index is -4.95. The molecule has 0 aliphatic rings. The fraction of sp³-hybridized carbons (Fsp3) is 0.222. The maximum Gasteiger partial charge on any atom is 0.471 e. The molecule has 0 unspecified atom stereocenters. The Morgan fingerprint density at radius 1 is 1.35 bits per heavy atom. The van der Waals surface area contributed by atoms with Crippen molar-refractivity contribution in [3.63, 3.8) is 0 Å². The van der Waals surface area contributed by atoms with E-state index >= 15 is 0 Å². The molecule has 1 amide bonds. The molecule has 1 aromatic rings. The Balaban J connectivity index is 3.10. The normalized spacial score (nSPS) is 11.4. The zero-order chi connectivity index (χ0) is 13.2. The van der Waals surface area contributed by atoms with Gasteiger partial charge in [0.2, 0.25) is 0 Å². The first-order valence-electron chi connectivity index (χ1n) is 4.17. The Labute approximate surface area is 109 Å². The highest BCUT2D eigenvalue weighted by molar-refractivity contribution is 7.98. The van der Waals surface area contributed by atoms with Gasteiger partial charge in [0.1, 0.15) is 0 Å². The molecule has 8 heteroatoms. The number of carbonyl (C=O) groups excluding carboxylic acids is 1. The standard InChI is InChI=1S/C9H6Cl2F3NOS/c1-17-7-5(11)2-4(10)3-6(7)15-8(16)9(12,13)14/h2-3H,1H3,(H,15,16). The maximum atomic E-state index is 12.1. The predicted octanol–water partition coefficient (Wildman–Crippen LogP) is 4.22. The molecule has 0 aromatic heterocycles. The van der Waals surface area contributed by atoms with E-state index in [2.05, 4.69) is 0 Å². The van der Waals surface area contributed by atoms with Crippen molar-refractivity contribution < 1.29 is 18.0 Å². The zero-order valence-electron chi connectivity index (χ0n) is 8.36. The van der Waals surface area contributed by atoms with E-state index in [-0.39, 0.29) is 15.7 Å². The lowest BCUT2D eigenvalue weighted by Crippen LogP contribution is -2.30. The summed E-state index contributed by atoms with van der Waals surface area (Å²) in [6, 6.07) is 2.60. The van der Waals surface area contributed by atoms with Crippen LogP contribution in [0.25, 0.3) is 0 Å². The molecular weight excluding hydrogens is 298 g/mol. The summed E-state index contributed by atoms with van der Waals surface area (Å²) in [5.41, 5.74) is -0.0580. The maximum absolute atomic E-state index is 12.1. The van der Waals surface area contributed by atoms with E-state index in [0.717, 1.165) is 11.8 Å². The van der Waals surface area contributed by atoms with Crippen LogP contribution >= 0.6 is 35.0 Å². The number of carbonyl (C=O) groups is 1. The Bertz CT molecular complexity index is 451. The average molecular weight is 304 g/mol. The third kappa shape index (κ3) is 3.69. The lowest BCUT2D eigenvalue weighted by atomic mass is 10.3. The molecule has 1 aromatic carbocycles. The van der Waals surface area contributed by atoms with E-state index in [1.165, 1.54) is 12.1 Å². The van der Waals surface area contributed by atoms with Gasteiger partial charge in [0.25, 0.3) is 0 Å². The molecule has 0 aliphatic carbocycles. The van der Waals surface area contributed by atoms with E-state index in [1.54, 1.807) is 11.6 Å². The number of hydrogen-bond acceptors (Lipinski definition) is 2. The van der Waals surface area contributed by atoms with E-state index < -0.39 is 12.1 Å². The molecule has 0 heterocycles. The second-order valence-corrected chi connectivity index (χ2v) is 4.58. The molecule has 0 saturated carbocycles. The number of benzene rings is 1. The van der Waals surface area contributed by atoms with Crippen molar-refractivity contribution in [3.8, 4) is 0 Å². The molecule has 2 nitrogen and oxygen atoms in total. The third-order valence-corrected chi connectivity index (χ3v) is 3.19. The monoisotopic (exact) mass is 303 g/mol. The summed E-state index contributed by atoms with van der Waals surface area (Å²) in [5, 5.41) is 2.06. The summed E-state index contributed by atoms with van der Waals surface area (Å²) in [4.78, 5) is 11.1. The number of rotatable bonds is 2. The van der Waals surface area contributed by atoms with Gasteiger partial charge in [-0.3, -0.25) is 4.79 Å². The Hall–Kier alpha value is -0.590. The van der Waals surface area contributed by atoms with Gasteiger partial charge in [-0.25, -0.2) is 0 Å². The minimum absolute atomic E-state index is 0.0580. The van der Waals surface area contributed by atoms with Crippen molar-refractivity contribution in [1.82, 2.24) is 0 Å². The van der Waals surface area contributed by atoms with E-state index in [1.807, 2.05) is 0 Å². The molecule has 0 radical (unpaired) electrons. The van der Waals surface area contributed by atoms with Gasteiger partial charge in [0.05, 0.1) is 10.7 Å². The molecule has 17 heavy (non-hydrogen) atoms. The molecule has 0 bridgehead atoms. The van der Waals surface area contributed by atoms with Gasteiger partial charge in [-0.15, -0.1) is 11.8 Å². The van der Waals surface area contributed by atoms with Crippen molar-refractivity contribution in [1.29, 1.82) is 0 Å². The van der Waals surface area contributed by atoms with E-state index in [9.17, 15) is 18.0 Å². The van der Waals surface area contributed by atoms with E-state index in [4.69, 9.17) is 23.2 Å². The van der Waals surface area contributed by atoms with Crippen LogP contribution in [0.3, 0.4) is 0 Å². The van der Waals surface area contributed by atoms with Crippen LogP contribution in [0.4, 0.5) is 18.9 Å². The highest BCUT2D eigenvalue weighted by atomic mass is 35.5. The predicted molar refractivity (Wildman–Crippen MR) is 62.9 cm³/mol. The average Bonchev–Trinajstić information content (AvgIpc) is 2.15.